The number of fused-ring (bicyclic) bond motifs is 1. The van der Waals surface area contributed by atoms with Gasteiger partial charge < -0.3 is 9.88 Å². The summed E-state index contributed by atoms with van der Waals surface area (Å²) in [5.74, 6) is 0.579. The second-order valence-electron chi connectivity index (χ2n) is 7.81. The lowest BCUT2D eigenvalue weighted by Crippen LogP contribution is -2.24. The molecule has 0 aliphatic carbocycles. The molecule has 1 aromatic heterocycles. The molecule has 0 fully saturated rings. The first-order valence-corrected chi connectivity index (χ1v) is 11.6. The van der Waals surface area contributed by atoms with Gasteiger partial charge in [0.25, 0.3) is 5.91 Å². The summed E-state index contributed by atoms with van der Waals surface area (Å²) in [7, 11) is 0. The van der Waals surface area contributed by atoms with E-state index in [1.165, 1.54) is 29.8 Å². The Kier molecular flexibility index (Phi) is 7.32. The van der Waals surface area contributed by atoms with Crippen LogP contribution in [0.25, 0.3) is 11.0 Å². The number of para-hydroxylation sites is 2. The number of hydrogen-bond acceptors (Lipinski definition) is 2. The third-order valence-corrected chi connectivity index (χ3v) is 5.93. The Morgan fingerprint density at radius 3 is 2.59 bits per heavy atom. The Balaban J connectivity index is 1.32. The molecule has 0 aliphatic heterocycles. The molecule has 4 nitrogen and oxygen atoms in total. The van der Waals surface area contributed by atoms with Gasteiger partial charge in [0.15, 0.2) is 0 Å². The molecule has 4 rings (SSSR count). The van der Waals surface area contributed by atoms with Crippen molar-refractivity contribution in [3.8, 4) is 0 Å². The molecule has 0 atom stereocenters. The molecule has 0 aliphatic rings. The zero-order chi connectivity index (χ0) is 22.3. The fraction of sp³-hybridized carbons (Fsp3) is 0.231. The van der Waals surface area contributed by atoms with Crippen LogP contribution in [0.3, 0.4) is 0 Å². The van der Waals surface area contributed by atoms with Crippen LogP contribution in [0.5, 0.6) is 0 Å². The van der Waals surface area contributed by atoms with E-state index in [1.807, 2.05) is 12.1 Å². The minimum absolute atomic E-state index is 0.166. The highest BCUT2D eigenvalue weighted by Gasteiger charge is 2.11. The van der Waals surface area contributed by atoms with E-state index >= 15 is 0 Å². The van der Waals surface area contributed by atoms with Crippen molar-refractivity contribution in [1.82, 2.24) is 14.9 Å². The highest BCUT2D eigenvalue weighted by molar-refractivity contribution is 9.10. The van der Waals surface area contributed by atoms with E-state index in [1.54, 1.807) is 0 Å². The molecule has 1 amide bonds. The summed E-state index contributed by atoms with van der Waals surface area (Å²) in [6, 6.07) is 22.2. The largest absolute Gasteiger partial charge is 0.352 e. The number of nitrogens with zero attached hydrogens (tertiary/aromatic N) is 2. The van der Waals surface area contributed by atoms with Crippen molar-refractivity contribution in [3.05, 3.63) is 100 Å². The lowest BCUT2D eigenvalue weighted by Gasteiger charge is -2.10. The zero-order valence-corrected chi connectivity index (χ0v) is 19.3. The van der Waals surface area contributed by atoms with Crippen LogP contribution in [-0.2, 0) is 13.0 Å². The molecular formula is C26H25BrFN3O. The van der Waals surface area contributed by atoms with Crippen molar-refractivity contribution in [2.75, 3.05) is 6.54 Å². The van der Waals surface area contributed by atoms with Gasteiger partial charge in [-0.05, 0) is 66.9 Å². The number of amides is 1. The van der Waals surface area contributed by atoms with Gasteiger partial charge in [0.2, 0.25) is 0 Å². The average molecular weight is 494 g/mol. The zero-order valence-electron chi connectivity index (χ0n) is 17.7. The van der Waals surface area contributed by atoms with Crippen molar-refractivity contribution in [2.24, 2.45) is 0 Å². The first-order valence-electron chi connectivity index (χ1n) is 10.8. The molecule has 0 radical (unpaired) electrons. The van der Waals surface area contributed by atoms with E-state index in [0.29, 0.717) is 12.1 Å². The molecule has 32 heavy (non-hydrogen) atoms. The number of carbonyl (C=O) groups is 1. The van der Waals surface area contributed by atoms with Crippen molar-refractivity contribution in [2.45, 2.75) is 32.2 Å². The highest BCUT2D eigenvalue weighted by Crippen LogP contribution is 2.21. The molecule has 3 aromatic carbocycles. The summed E-state index contributed by atoms with van der Waals surface area (Å²) >= 11 is 3.56. The molecule has 6 heteroatoms. The third-order valence-electron chi connectivity index (χ3n) is 5.43. The predicted octanol–water partition coefficient (Wildman–Crippen LogP) is 6.13. The van der Waals surface area contributed by atoms with E-state index in [4.69, 9.17) is 4.98 Å². The molecule has 164 valence electrons. The summed E-state index contributed by atoms with van der Waals surface area (Å²) in [6.07, 6.45) is 3.76. The van der Waals surface area contributed by atoms with E-state index in [9.17, 15) is 9.18 Å². The first-order chi connectivity index (χ1) is 15.6. The molecule has 0 unspecified atom stereocenters. The van der Waals surface area contributed by atoms with Gasteiger partial charge in [-0.25, -0.2) is 9.37 Å². The minimum atomic E-state index is -0.340. The molecule has 1 N–H and O–H groups in total. The molecule has 0 saturated carbocycles. The summed E-state index contributed by atoms with van der Waals surface area (Å²) < 4.78 is 16.3. The van der Waals surface area contributed by atoms with E-state index < -0.39 is 0 Å². The van der Waals surface area contributed by atoms with Crippen molar-refractivity contribution < 1.29 is 9.18 Å². The van der Waals surface area contributed by atoms with E-state index in [0.717, 1.165) is 53.6 Å². The fourth-order valence-electron chi connectivity index (χ4n) is 3.80. The quantitative estimate of drug-likeness (QED) is 0.285. The molecule has 0 saturated heterocycles. The Morgan fingerprint density at radius 1 is 0.969 bits per heavy atom. The summed E-state index contributed by atoms with van der Waals surface area (Å²) in [5.41, 5.74) is 3.87. The second kappa shape index (κ2) is 10.6. The highest BCUT2D eigenvalue weighted by atomic mass is 79.9. The van der Waals surface area contributed by atoms with Crippen LogP contribution in [0.4, 0.5) is 4.39 Å². The normalized spacial score (nSPS) is 11.1. The van der Waals surface area contributed by atoms with Gasteiger partial charge in [-0.3, -0.25) is 4.79 Å². The van der Waals surface area contributed by atoms with Crippen LogP contribution >= 0.6 is 15.9 Å². The Morgan fingerprint density at radius 2 is 1.78 bits per heavy atom. The van der Waals surface area contributed by atoms with Crippen molar-refractivity contribution in [3.63, 3.8) is 0 Å². The lowest BCUT2D eigenvalue weighted by molar-refractivity contribution is 0.0953. The number of halogens is 2. The topological polar surface area (TPSA) is 46.9 Å². The monoisotopic (exact) mass is 493 g/mol. The predicted molar refractivity (Wildman–Crippen MR) is 129 cm³/mol. The van der Waals surface area contributed by atoms with Crippen LogP contribution in [0.2, 0.25) is 0 Å². The number of unbranched alkanes of at least 4 members (excludes halogenated alkanes) is 2. The first kappa shape index (κ1) is 22.2. The van der Waals surface area contributed by atoms with Gasteiger partial charge in [0.05, 0.1) is 11.0 Å². The van der Waals surface area contributed by atoms with Crippen molar-refractivity contribution >= 4 is 32.9 Å². The minimum Gasteiger partial charge on any atom is -0.352 e. The van der Waals surface area contributed by atoms with E-state index in [2.05, 4.69) is 62.2 Å². The number of nitrogens with one attached hydrogen (secondary N) is 1. The van der Waals surface area contributed by atoms with Crippen molar-refractivity contribution in [1.29, 1.82) is 0 Å². The van der Waals surface area contributed by atoms with Gasteiger partial charge in [-0.15, -0.1) is 0 Å². The average Bonchev–Trinajstić information content (AvgIpc) is 3.14. The molecule has 4 aromatic rings. The standard InChI is InChI=1S/C26H25BrFN3O/c27-21-8-6-7-19(17-21)18-31-24-10-4-3-9-23(24)30-25(31)11-2-1-5-16-29-26(32)20-12-14-22(28)15-13-20/h3-4,6-10,12-15,17H,1-2,5,11,16,18H2,(H,29,32). The number of aryl methyl sites for hydroxylation is 1. The number of benzene rings is 3. The summed E-state index contributed by atoms with van der Waals surface area (Å²) in [5, 5.41) is 2.90. The molecule has 1 heterocycles. The van der Waals surface area contributed by atoms with Crippen LogP contribution in [0, 0.1) is 5.82 Å². The summed E-state index contributed by atoms with van der Waals surface area (Å²) in [6.45, 7) is 1.38. The molecule has 0 spiro atoms. The molecular weight excluding hydrogens is 469 g/mol. The Labute approximate surface area is 195 Å². The number of hydrogen-bond donors (Lipinski definition) is 1. The van der Waals surface area contributed by atoms with Crippen LogP contribution < -0.4 is 5.32 Å². The van der Waals surface area contributed by atoms with Crippen LogP contribution in [0.15, 0.2) is 77.3 Å². The SMILES string of the molecule is O=C(NCCCCCc1nc2ccccc2n1Cc1cccc(Br)c1)c1ccc(F)cc1. The van der Waals surface area contributed by atoms with E-state index in [-0.39, 0.29) is 11.7 Å². The maximum absolute atomic E-state index is 13.0. The smallest absolute Gasteiger partial charge is 0.251 e. The Bertz CT molecular complexity index is 1200. The van der Waals surface area contributed by atoms with Gasteiger partial charge >= 0.3 is 0 Å². The number of aromatic nitrogens is 2. The maximum Gasteiger partial charge on any atom is 0.251 e. The third kappa shape index (κ3) is 5.62. The second-order valence-corrected chi connectivity index (χ2v) is 8.72. The maximum atomic E-state index is 13.0. The summed E-state index contributed by atoms with van der Waals surface area (Å²) in [4.78, 5) is 17.0. The van der Waals surface area contributed by atoms with Crippen LogP contribution in [0.1, 0.15) is 41.0 Å². The number of carbonyl (C=O) groups excluding carboxylic acids is 1. The van der Waals surface area contributed by atoms with Gasteiger partial charge in [0.1, 0.15) is 11.6 Å². The molecule has 0 bridgehead atoms. The fourth-order valence-corrected chi connectivity index (χ4v) is 4.25. The van der Waals surface area contributed by atoms with Gasteiger partial charge in [-0.2, -0.15) is 0 Å². The number of imidazole rings is 1. The van der Waals surface area contributed by atoms with Gasteiger partial charge in [-0.1, -0.05) is 46.6 Å². The van der Waals surface area contributed by atoms with Crippen LogP contribution in [-0.4, -0.2) is 22.0 Å². The van der Waals surface area contributed by atoms with Gasteiger partial charge in [0, 0.05) is 29.5 Å². The lowest BCUT2D eigenvalue weighted by atomic mass is 10.1. The Hall–Kier alpha value is -2.99. The number of rotatable bonds is 9.